The van der Waals surface area contributed by atoms with Gasteiger partial charge in [0, 0.05) is 37.2 Å². The molecule has 0 aliphatic heterocycles. The van der Waals surface area contributed by atoms with Gasteiger partial charge in [0.2, 0.25) is 0 Å². The lowest BCUT2D eigenvalue weighted by atomic mass is 10.1. The molecule has 3 rings (SSSR count). The van der Waals surface area contributed by atoms with Crippen molar-refractivity contribution in [1.82, 2.24) is 14.8 Å². The van der Waals surface area contributed by atoms with E-state index in [4.69, 9.17) is 0 Å². The third kappa shape index (κ3) is 4.11. The Morgan fingerprint density at radius 2 is 1.81 bits per heavy atom. The van der Waals surface area contributed by atoms with Crippen LogP contribution in [0.4, 0.5) is 5.82 Å². The number of rotatable bonds is 5. The Hall–Kier alpha value is -2.67. The Kier molecular flexibility index (Phi) is 4.82. The van der Waals surface area contributed by atoms with E-state index in [2.05, 4.69) is 15.4 Å². The number of nitrogens with one attached hydrogen (secondary N) is 1. The first-order valence-electron chi connectivity index (χ1n) is 8.24. The maximum absolute atomic E-state index is 11.6. The van der Waals surface area contributed by atoms with Crippen LogP contribution >= 0.6 is 0 Å². The fraction of sp³-hybridized carbons (Fsp3) is 0.263. The van der Waals surface area contributed by atoms with E-state index < -0.39 is 9.84 Å². The SMILES string of the molecule is Cc1cc(NCc2cn(C)nc2C)nc(-c2ccc(S(C)(=O)=O)cc2)c1. The molecule has 0 fully saturated rings. The summed E-state index contributed by atoms with van der Waals surface area (Å²) in [6.07, 6.45) is 3.19. The van der Waals surface area contributed by atoms with E-state index in [0.29, 0.717) is 11.4 Å². The van der Waals surface area contributed by atoms with Gasteiger partial charge in [-0.25, -0.2) is 13.4 Å². The van der Waals surface area contributed by atoms with Gasteiger partial charge in [0.25, 0.3) is 0 Å². The summed E-state index contributed by atoms with van der Waals surface area (Å²) in [5, 5.41) is 7.68. The summed E-state index contributed by atoms with van der Waals surface area (Å²) in [6, 6.07) is 10.8. The van der Waals surface area contributed by atoms with Crippen molar-refractivity contribution in [3.8, 4) is 11.3 Å². The minimum absolute atomic E-state index is 0.305. The third-order valence-electron chi connectivity index (χ3n) is 4.12. The second-order valence-corrected chi connectivity index (χ2v) is 8.49. The summed E-state index contributed by atoms with van der Waals surface area (Å²) in [5.41, 5.74) is 4.86. The van der Waals surface area contributed by atoms with E-state index in [1.807, 2.05) is 39.2 Å². The molecular weight excluding hydrogens is 348 g/mol. The topological polar surface area (TPSA) is 76.9 Å². The molecule has 0 saturated carbocycles. The molecule has 0 radical (unpaired) electrons. The van der Waals surface area contributed by atoms with Gasteiger partial charge < -0.3 is 5.32 Å². The van der Waals surface area contributed by atoms with Crippen molar-refractivity contribution in [3.05, 3.63) is 59.4 Å². The van der Waals surface area contributed by atoms with E-state index in [0.717, 1.165) is 33.9 Å². The maximum Gasteiger partial charge on any atom is 0.175 e. The van der Waals surface area contributed by atoms with Crippen LogP contribution in [-0.2, 0) is 23.4 Å². The van der Waals surface area contributed by atoms with E-state index >= 15 is 0 Å². The van der Waals surface area contributed by atoms with Gasteiger partial charge >= 0.3 is 0 Å². The van der Waals surface area contributed by atoms with Gasteiger partial charge in [-0.05, 0) is 43.7 Å². The zero-order chi connectivity index (χ0) is 18.9. The maximum atomic E-state index is 11.6. The summed E-state index contributed by atoms with van der Waals surface area (Å²) in [5.74, 6) is 0.774. The van der Waals surface area contributed by atoms with Crippen molar-refractivity contribution in [2.75, 3.05) is 11.6 Å². The van der Waals surface area contributed by atoms with Crippen LogP contribution in [-0.4, -0.2) is 29.4 Å². The molecule has 0 saturated heterocycles. The molecule has 6 nitrogen and oxygen atoms in total. The number of sulfone groups is 1. The molecule has 1 N–H and O–H groups in total. The summed E-state index contributed by atoms with van der Waals surface area (Å²) in [4.78, 5) is 4.96. The lowest BCUT2D eigenvalue weighted by molar-refractivity contribution is 0.602. The van der Waals surface area contributed by atoms with Crippen LogP contribution in [0.2, 0.25) is 0 Å². The summed E-state index contributed by atoms with van der Waals surface area (Å²) < 4.78 is 25.0. The molecule has 0 aliphatic carbocycles. The fourth-order valence-electron chi connectivity index (χ4n) is 2.79. The first-order valence-corrected chi connectivity index (χ1v) is 10.1. The van der Waals surface area contributed by atoms with Crippen molar-refractivity contribution in [3.63, 3.8) is 0 Å². The fourth-order valence-corrected chi connectivity index (χ4v) is 3.42. The first-order chi connectivity index (χ1) is 12.2. The predicted octanol–water partition coefficient (Wildman–Crippen LogP) is 3.11. The smallest absolute Gasteiger partial charge is 0.175 e. The highest BCUT2D eigenvalue weighted by molar-refractivity contribution is 7.90. The summed E-state index contributed by atoms with van der Waals surface area (Å²) in [7, 11) is -1.30. The minimum atomic E-state index is -3.20. The molecule has 0 aliphatic rings. The molecule has 0 atom stereocenters. The highest BCUT2D eigenvalue weighted by Crippen LogP contribution is 2.23. The molecule has 1 aromatic carbocycles. The van der Waals surface area contributed by atoms with Crippen LogP contribution in [0.5, 0.6) is 0 Å². The van der Waals surface area contributed by atoms with Gasteiger partial charge in [0.15, 0.2) is 9.84 Å². The zero-order valence-corrected chi connectivity index (χ0v) is 16.1. The van der Waals surface area contributed by atoms with Crippen molar-refractivity contribution >= 4 is 15.7 Å². The van der Waals surface area contributed by atoms with Crippen LogP contribution in [0.1, 0.15) is 16.8 Å². The van der Waals surface area contributed by atoms with Crippen LogP contribution in [0.15, 0.2) is 47.5 Å². The number of aryl methyl sites for hydroxylation is 3. The van der Waals surface area contributed by atoms with Crippen LogP contribution in [0.3, 0.4) is 0 Å². The van der Waals surface area contributed by atoms with Gasteiger partial charge in [-0.3, -0.25) is 4.68 Å². The Morgan fingerprint density at radius 1 is 1.12 bits per heavy atom. The average Bonchev–Trinajstić information content (AvgIpc) is 2.89. The number of anilines is 1. The monoisotopic (exact) mass is 370 g/mol. The second-order valence-electron chi connectivity index (χ2n) is 6.48. The second kappa shape index (κ2) is 6.92. The van der Waals surface area contributed by atoms with E-state index in [9.17, 15) is 8.42 Å². The lowest BCUT2D eigenvalue weighted by Gasteiger charge is -2.09. The lowest BCUT2D eigenvalue weighted by Crippen LogP contribution is -2.03. The molecule has 2 heterocycles. The normalized spacial score (nSPS) is 11.5. The average molecular weight is 370 g/mol. The van der Waals surface area contributed by atoms with Crippen molar-refractivity contribution < 1.29 is 8.42 Å². The molecule has 0 amide bonds. The van der Waals surface area contributed by atoms with Crippen molar-refractivity contribution in [2.24, 2.45) is 7.05 Å². The highest BCUT2D eigenvalue weighted by Gasteiger charge is 2.09. The minimum Gasteiger partial charge on any atom is -0.366 e. The molecule has 26 heavy (non-hydrogen) atoms. The van der Waals surface area contributed by atoms with Crippen LogP contribution in [0, 0.1) is 13.8 Å². The summed E-state index contributed by atoms with van der Waals surface area (Å²) in [6.45, 7) is 4.63. The number of benzene rings is 1. The number of nitrogens with zero attached hydrogens (tertiary/aromatic N) is 3. The zero-order valence-electron chi connectivity index (χ0n) is 15.3. The molecule has 7 heteroatoms. The third-order valence-corrected chi connectivity index (χ3v) is 5.25. The van der Waals surface area contributed by atoms with Crippen molar-refractivity contribution in [2.45, 2.75) is 25.3 Å². The van der Waals surface area contributed by atoms with Crippen LogP contribution < -0.4 is 5.32 Å². The highest BCUT2D eigenvalue weighted by atomic mass is 32.2. The molecule has 136 valence electrons. The van der Waals surface area contributed by atoms with Crippen LogP contribution in [0.25, 0.3) is 11.3 Å². The van der Waals surface area contributed by atoms with E-state index in [-0.39, 0.29) is 0 Å². The standard InChI is InChI=1S/C19H22N4O2S/c1-13-9-18(15-5-7-17(8-6-15)26(4,24)25)21-19(10-13)20-11-16-12-23(3)22-14(16)2/h5-10,12H,11H2,1-4H3,(H,20,21). The predicted molar refractivity (Wildman–Crippen MR) is 103 cm³/mol. The van der Waals surface area contributed by atoms with E-state index in [1.54, 1.807) is 28.9 Å². The van der Waals surface area contributed by atoms with E-state index in [1.165, 1.54) is 6.26 Å². The number of hydrogen-bond donors (Lipinski definition) is 1. The number of pyridine rings is 1. The Balaban J connectivity index is 1.84. The largest absolute Gasteiger partial charge is 0.366 e. The number of hydrogen-bond acceptors (Lipinski definition) is 5. The number of aromatic nitrogens is 3. The molecule has 0 spiro atoms. The van der Waals surface area contributed by atoms with Gasteiger partial charge in [-0.1, -0.05) is 12.1 Å². The Bertz CT molecular complexity index is 1040. The Morgan fingerprint density at radius 3 is 2.38 bits per heavy atom. The first kappa shape index (κ1) is 18.1. The van der Waals surface area contributed by atoms with Gasteiger partial charge in [-0.2, -0.15) is 5.10 Å². The van der Waals surface area contributed by atoms with Gasteiger partial charge in [-0.15, -0.1) is 0 Å². The molecule has 2 aromatic heterocycles. The Labute approximate surface area is 153 Å². The van der Waals surface area contributed by atoms with Gasteiger partial charge in [0.05, 0.1) is 16.3 Å². The van der Waals surface area contributed by atoms with Gasteiger partial charge in [0.1, 0.15) is 5.82 Å². The molecule has 0 unspecified atom stereocenters. The quantitative estimate of drug-likeness (QED) is 0.747. The molecule has 3 aromatic rings. The molecular formula is C19H22N4O2S. The van der Waals surface area contributed by atoms with Crippen molar-refractivity contribution in [1.29, 1.82) is 0 Å². The summed E-state index contributed by atoms with van der Waals surface area (Å²) >= 11 is 0. The molecule has 0 bridgehead atoms.